The normalized spacial score (nSPS) is 21.6. The number of hydrogen-bond acceptors (Lipinski definition) is 7. The van der Waals surface area contributed by atoms with Gasteiger partial charge in [-0.05, 0) is 67.1 Å². The molecule has 0 amide bonds. The fraction of sp³-hybridized carbons (Fsp3) is 0.308. The first-order valence-electron chi connectivity index (χ1n) is 12.3. The first-order chi connectivity index (χ1) is 19.0. The van der Waals surface area contributed by atoms with E-state index in [1.165, 1.54) is 29.0 Å². The zero-order chi connectivity index (χ0) is 28.3. The summed E-state index contributed by atoms with van der Waals surface area (Å²) in [5, 5.41) is 5.36. The third-order valence-electron chi connectivity index (χ3n) is 7.67. The van der Waals surface area contributed by atoms with Crippen LogP contribution in [0.5, 0.6) is 0 Å². The summed E-state index contributed by atoms with van der Waals surface area (Å²) in [5.74, 6) is -1.01. The highest BCUT2D eigenvalue weighted by Gasteiger charge is 2.55. The minimum absolute atomic E-state index is 0.00294. The van der Waals surface area contributed by atoms with Gasteiger partial charge in [0.2, 0.25) is 0 Å². The molecule has 2 atom stereocenters. The number of halogens is 4. The summed E-state index contributed by atoms with van der Waals surface area (Å²) in [6.07, 6.45) is -2.36. The third kappa shape index (κ3) is 4.43. The Morgan fingerprint density at radius 1 is 1.12 bits per heavy atom. The summed E-state index contributed by atoms with van der Waals surface area (Å²) in [6, 6.07) is 8.59. The van der Waals surface area contributed by atoms with Crippen molar-refractivity contribution in [3.8, 4) is 5.69 Å². The van der Waals surface area contributed by atoms with Crippen molar-refractivity contribution in [3.63, 3.8) is 0 Å². The Kier molecular flexibility index (Phi) is 6.39. The van der Waals surface area contributed by atoms with Gasteiger partial charge in [0.15, 0.2) is 10.8 Å². The number of ketones is 1. The number of hydrogen-bond donors (Lipinski definition) is 0. The second kappa shape index (κ2) is 9.56. The van der Waals surface area contributed by atoms with Gasteiger partial charge in [-0.1, -0.05) is 6.07 Å². The number of nitrogens with zero attached hydrogens (tertiary/aromatic N) is 5. The van der Waals surface area contributed by atoms with Gasteiger partial charge in [-0.2, -0.15) is 22.6 Å². The van der Waals surface area contributed by atoms with Crippen LogP contribution >= 0.6 is 11.3 Å². The Hall–Kier alpha value is -3.49. The quantitative estimate of drug-likeness (QED) is 0.249. The Morgan fingerprint density at radius 3 is 2.60 bits per heavy atom. The van der Waals surface area contributed by atoms with Crippen LogP contribution in [0.15, 0.2) is 64.6 Å². The van der Waals surface area contributed by atoms with E-state index < -0.39 is 32.3 Å². The minimum Gasteiger partial charge on any atom is -0.292 e. The first kappa shape index (κ1) is 26.7. The number of benzene rings is 1. The maximum atomic E-state index is 14.0. The summed E-state index contributed by atoms with van der Waals surface area (Å²) in [4.78, 5) is 21.6. The van der Waals surface area contributed by atoms with Crippen LogP contribution in [0.25, 0.3) is 5.69 Å². The standard InChI is InChI=1S/C26H21F4N5O3S2/c27-18-4-6-19(7-5-18)35-21-10-17-8-9-34(40(37,38)23-3-1-2-22(33-23)26(28,29)30)14-25(17,11-16(21)12-32-35)24(36)20-13-39-15-31-20/h1-7,12-13,15,17H,8-11,14H2. The number of pyridine rings is 1. The number of piperidine rings is 1. The Labute approximate surface area is 230 Å². The van der Waals surface area contributed by atoms with Crippen LogP contribution < -0.4 is 0 Å². The van der Waals surface area contributed by atoms with Crippen molar-refractivity contribution >= 4 is 27.1 Å². The van der Waals surface area contributed by atoms with Gasteiger partial charge in [-0.3, -0.25) is 4.79 Å². The maximum absolute atomic E-state index is 14.0. The average Bonchev–Trinajstić information content (AvgIpc) is 3.61. The van der Waals surface area contributed by atoms with E-state index >= 15 is 0 Å². The van der Waals surface area contributed by atoms with Crippen LogP contribution in [-0.2, 0) is 29.0 Å². The van der Waals surface area contributed by atoms with Gasteiger partial charge in [0.25, 0.3) is 10.0 Å². The van der Waals surface area contributed by atoms with Crippen molar-refractivity contribution in [2.24, 2.45) is 11.3 Å². The number of Topliss-reactive ketones (excluding diaryl/α,β-unsaturated/α-hetero) is 1. The molecule has 4 aromatic rings. The number of carbonyl (C=O) groups is 1. The minimum atomic E-state index is -4.81. The Morgan fingerprint density at radius 2 is 1.90 bits per heavy atom. The van der Waals surface area contributed by atoms with E-state index in [0.29, 0.717) is 18.2 Å². The fourth-order valence-electron chi connectivity index (χ4n) is 5.72. The maximum Gasteiger partial charge on any atom is 0.433 e. The molecule has 1 saturated heterocycles. The molecule has 0 radical (unpaired) electrons. The SMILES string of the molecule is O=C(c1cscn1)C12Cc3cnn(-c4ccc(F)cc4)c3CC1CCN(S(=O)(=O)c1cccc(C(F)(F)F)n1)C2. The predicted octanol–water partition coefficient (Wildman–Crippen LogP) is 4.56. The second-order valence-electron chi connectivity index (χ2n) is 9.93. The van der Waals surface area contributed by atoms with E-state index in [4.69, 9.17) is 0 Å². The van der Waals surface area contributed by atoms with Gasteiger partial charge < -0.3 is 0 Å². The molecule has 1 aliphatic carbocycles. The zero-order valence-electron chi connectivity index (χ0n) is 20.7. The largest absolute Gasteiger partial charge is 0.433 e. The zero-order valence-corrected chi connectivity index (χ0v) is 22.3. The highest BCUT2D eigenvalue weighted by molar-refractivity contribution is 7.89. The lowest BCUT2D eigenvalue weighted by atomic mass is 9.60. The molecule has 4 heterocycles. The molecule has 3 aromatic heterocycles. The van der Waals surface area contributed by atoms with Crippen LogP contribution in [-0.4, -0.2) is 51.3 Å². The second-order valence-corrected chi connectivity index (χ2v) is 12.5. The first-order valence-corrected chi connectivity index (χ1v) is 14.7. The van der Waals surface area contributed by atoms with E-state index in [2.05, 4.69) is 15.1 Å². The highest BCUT2D eigenvalue weighted by Crippen LogP contribution is 2.48. The molecular formula is C26H21F4N5O3S2. The summed E-state index contributed by atoms with van der Waals surface area (Å²) in [7, 11) is -4.46. The number of thiazole rings is 1. The number of rotatable bonds is 5. The molecule has 1 aliphatic heterocycles. The van der Waals surface area contributed by atoms with E-state index in [1.807, 2.05) is 0 Å². The molecule has 1 fully saturated rings. The van der Waals surface area contributed by atoms with Crippen molar-refractivity contribution in [2.75, 3.05) is 13.1 Å². The smallest absolute Gasteiger partial charge is 0.292 e. The van der Waals surface area contributed by atoms with E-state index in [0.717, 1.165) is 27.7 Å². The van der Waals surface area contributed by atoms with Gasteiger partial charge >= 0.3 is 6.18 Å². The van der Waals surface area contributed by atoms with Crippen molar-refractivity contribution in [1.82, 2.24) is 24.1 Å². The van der Waals surface area contributed by atoms with Crippen LogP contribution in [0, 0.1) is 17.2 Å². The number of sulfonamides is 1. The Bertz CT molecular complexity index is 1690. The molecule has 14 heteroatoms. The number of aromatic nitrogens is 4. The molecular weight excluding hydrogens is 570 g/mol. The van der Waals surface area contributed by atoms with Crippen LogP contribution in [0.4, 0.5) is 17.6 Å². The molecule has 2 aliphatic rings. The van der Waals surface area contributed by atoms with Crippen LogP contribution in [0.2, 0.25) is 0 Å². The van der Waals surface area contributed by atoms with E-state index in [1.54, 1.807) is 28.4 Å². The van der Waals surface area contributed by atoms with E-state index in [-0.39, 0.29) is 49.1 Å². The summed E-state index contributed by atoms with van der Waals surface area (Å²) >= 11 is 1.24. The lowest BCUT2D eigenvalue weighted by Crippen LogP contribution is -2.57. The van der Waals surface area contributed by atoms with Gasteiger partial charge in [-0.15, -0.1) is 11.3 Å². The lowest BCUT2D eigenvalue weighted by Gasteiger charge is -2.48. The molecule has 0 spiro atoms. The van der Waals surface area contributed by atoms with Crippen molar-refractivity contribution in [2.45, 2.75) is 30.5 Å². The lowest BCUT2D eigenvalue weighted by molar-refractivity contribution is -0.141. The number of fused-ring (bicyclic) bond motifs is 2. The topological polar surface area (TPSA) is 98.0 Å². The molecule has 6 rings (SSSR count). The van der Waals surface area contributed by atoms with Gasteiger partial charge in [0.1, 0.15) is 17.2 Å². The molecule has 2 unspecified atom stereocenters. The van der Waals surface area contributed by atoms with Crippen LogP contribution in [0.3, 0.4) is 0 Å². The number of carbonyl (C=O) groups excluding carboxylic acids is 1. The molecule has 0 saturated carbocycles. The summed E-state index contributed by atoms with van der Waals surface area (Å²) in [5.41, 5.74) is 1.42. The van der Waals surface area contributed by atoms with Gasteiger partial charge in [0.05, 0.1) is 22.8 Å². The molecule has 8 nitrogen and oxygen atoms in total. The van der Waals surface area contributed by atoms with E-state index in [9.17, 15) is 30.8 Å². The van der Waals surface area contributed by atoms with Crippen LogP contribution in [0.1, 0.15) is 33.9 Å². The van der Waals surface area contributed by atoms with Gasteiger partial charge in [-0.25, -0.2) is 27.5 Å². The van der Waals surface area contributed by atoms with Crippen molar-refractivity contribution in [3.05, 3.63) is 88.0 Å². The predicted molar refractivity (Wildman–Crippen MR) is 136 cm³/mol. The molecule has 1 aromatic carbocycles. The molecule has 40 heavy (non-hydrogen) atoms. The van der Waals surface area contributed by atoms with Gasteiger partial charge in [0, 0.05) is 24.2 Å². The van der Waals surface area contributed by atoms with Crippen molar-refractivity contribution < 1.29 is 30.8 Å². The summed E-state index contributed by atoms with van der Waals surface area (Å²) in [6.45, 7) is -0.244. The third-order valence-corrected chi connectivity index (χ3v) is 10.0. The van der Waals surface area contributed by atoms with Crippen molar-refractivity contribution in [1.29, 1.82) is 0 Å². The average molecular weight is 592 g/mol. The molecule has 0 bridgehead atoms. The molecule has 0 N–H and O–H groups in total. The Balaban J connectivity index is 1.40. The fourth-order valence-corrected chi connectivity index (χ4v) is 7.73. The summed E-state index contributed by atoms with van der Waals surface area (Å²) < 4.78 is 83.3. The number of alkyl halides is 3. The highest BCUT2D eigenvalue weighted by atomic mass is 32.2. The molecule has 208 valence electrons. The monoisotopic (exact) mass is 591 g/mol.